The molecule has 3 aliphatic rings. The molecule has 3 aliphatic heterocycles. The molecule has 5 rings (SSSR count). The van der Waals surface area contributed by atoms with Gasteiger partial charge in [-0.15, -0.1) is 0 Å². The van der Waals surface area contributed by atoms with Crippen molar-refractivity contribution in [1.29, 1.82) is 0 Å². The van der Waals surface area contributed by atoms with Crippen molar-refractivity contribution >= 4 is 22.9 Å². The summed E-state index contributed by atoms with van der Waals surface area (Å²) >= 11 is 0. The van der Waals surface area contributed by atoms with Gasteiger partial charge in [0.05, 0.1) is 22.6 Å². The lowest BCUT2D eigenvalue weighted by Crippen LogP contribution is -2.45. The highest BCUT2D eigenvalue weighted by molar-refractivity contribution is 5.94. The summed E-state index contributed by atoms with van der Waals surface area (Å²) in [7, 11) is 0. The summed E-state index contributed by atoms with van der Waals surface area (Å²) in [5, 5.41) is 0. The topological polar surface area (TPSA) is 75.6 Å². The number of ether oxygens (including phenoxy) is 1. The number of likely N-dealkylation sites (tertiary alicyclic amines) is 2. The average molecular weight is 394 g/mol. The second-order valence-electron chi connectivity index (χ2n) is 8.56. The van der Waals surface area contributed by atoms with Crippen LogP contribution in [0.4, 0.5) is 0 Å². The predicted octanol–water partition coefficient (Wildman–Crippen LogP) is 2.26. The normalized spacial score (nSPS) is 24.3. The molecule has 3 fully saturated rings. The van der Waals surface area contributed by atoms with Crippen molar-refractivity contribution in [2.45, 2.75) is 38.2 Å². The first-order valence-electron chi connectivity index (χ1n) is 10.6. The molecular weight excluding hydrogens is 368 g/mol. The minimum absolute atomic E-state index is 0.00536. The molecule has 152 valence electrons. The number of fused-ring (bicyclic) bond motifs is 1. The van der Waals surface area contributed by atoms with Crippen LogP contribution in [-0.4, -0.2) is 70.5 Å². The molecule has 0 radical (unpaired) electrons. The summed E-state index contributed by atoms with van der Waals surface area (Å²) in [6.45, 7) is 4.17. The number of hydrogen-bond acceptors (Lipinski definition) is 6. The Morgan fingerprint density at radius 1 is 1.10 bits per heavy atom. The molecule has 1 aromatic heterocycles. The maximum atomic E-state index is 12.9. The number of para-hydroxylation sites is 2. The van der Waals surface area contributed by atoms with Gasteiger partial charge in [-0.2, -0.15) is 0 Å². The summed E-state index contributed by atoms with van der Waals surface area (Å²) in [6.07, 6.45) is 6.12. The monoisotopic (exact) mass is 394 g/mol. The number of piperidine rings is 1. The van der Waals surface area contributed by atoms with E-state index in [1.807, 2.05) is 24.3 Å². The third kappa shape index (κ3) is 3.48. The summed E-state index contributed by atoms with van der Waals surface area (Å²) in [4.78, 5) is 38.6. The van der Waals surface area contributed by atoms with Crippen molar-refractivity contribution in [2.75, 3.05) is 32.7 Å². The molecule has 0 saturated carbocycles. The number of aromatic nitrogens is 2. The first-order chi connectivity index (χ1) is 14.1. The van der Waals surface area contributed by atoms with Gasteiger partial charge in [0.2, 0.25) is 0 Å². The van der Waals surface area contributed by atoms with Crippen LogP contribution >= 0.6 is 0 Å². The molecule has 1 spiro atoms. The Hall–Kier alpha value is -2.54. The largest absolute Gasteiger partial charge is 0.461 e. The van der Waals surface area contributed by atoms with E-state index in [9.17, 15) is 9.59 Å². The van der Waals surface area contributed by atoms with Crippen molar-refractivity contribution in [3.63, 3.8) is 0 Å². The molecule has 0 aliphatic carbocycles. The molecule has 0 N–H and O–H groups in total. The first-order valence-corrected chi connectivity index (χ1v) is 10.6. The van der Waals surface area contributed by atoms with Crippen molar-refractivity contribution in [1.82, 2.24) is 19.8 Å². The molecule has 3 saturated heterocycles. The SMILES string of the molecule is O=C(c1cnc2ccccc2n1)N1CCC2(CC1)CC(CN1CCCC1)OC2=O. The molecule has 4 heterocycles. The fraction of sp³-hybridized carbons (Fsp3) is 0.545. The zero-order valence-corrected chi connectivity index (χ0v) is 16.5. The molecule has 29 heavy (non-hydrogen) atoms. The van der Waals surface area contributed by atoms with E-state index in [0.717, 1.165) is 37.1 Å². The van der Waals surface area contributed by atoms with Gasteiger partial charge in [-0.25, -0.2) is 4.98 Å². The number of esters is 1. The minimum Gasteiger partial charge on any atom is -0.461 e. The Labute approximate surface area is 170 Å². The van der Waals surface area contributed by atoms with Crippen molar-refractivity contribution in [3.05, 3.63) is 36.2 Å². The Bertz CT molecular complexity index is 933. The fourth-order valence-corrected chi connectivity index (χ4v) is 4.96. The molecule has 1 unspecified atom stereocenters. The third-order valence-corrected chi connectivity index (χ3v) is 6.66. The molecule has 7 heteroatoms. The number of carbonyl (C=O) groups excluding carboxylic acids is 2. The first kappa shape index (κ1) is 18.5. The zero-order valence-electron chi connectivity index (χ0n) is 16.5. The van der Waals surface area contributed by atoms with Crippen LogP contribution in [0.3, 0.4) is 0 Å². The van der Waals surface area contributed by atoms with Crippen LogP contribution in [-0.2, 0) is 9.53 Å². The minimum atomic E-state index is -0.420. The van der Waals surface area contributed by atoms with Gasteiger partial charge in [0.25, 0.3) is 5.91 Å². The Morgan fingerprint density at radius 3 is 2.59 bits per heavy atom. The molecular formula is C22H26N4O3. The molecule has 7 nitrogen and oxygen atoms in total. The number of benzene rings is 1. The molecule has 1 amide bonds. The lowest BCUT2D eigenvalue weighted by Gasteiger charge is -2.36. The lowest BCUT2D eigenvalue weighted by atomic mass is 9.76. The molecule has 1 aromatic carbocycles. The summed E-state index contributed by atoms with van der Waals surface area (Å²) in [6, 6.07) is 7.53. The van der Waals surface area contributed by atoms with E-state index in [1.54, 1.807) is 11.1 Å². The van der Waals surface area contributed by atoms with Gasteiger partial charge in [-0.1, -0.05) is 12.1 Å². The zero-order chi connectivity index (χ0) is 19.8. The summed E-state index contributed by atoms with van der Waals surface area (Å²) in [5.41, 5.74) is 1.44. The number of rotatable bonds is 3. The highest BCUT2D eigenvalue weighted by Crippen LogP contribution is 2.43. The Kier molecular flexibility index (Phi) is 4.70. The van der Waals surface area contributed by atoms with Crippen LogP contribution in [0.1, 0.15) is 42.6 Å². The quantitative estimate of drug-likeness (QED) is 0.744. The smallest absolute Gasteiger partial charge is 0.312 e. The van der Waals surface area contributed by atoms with Crippen molar-refractivity contribution < 1.29 is 14.3 Å². The van der Waals surface area contributed by atoms with E-state index >= 15 is 0 Å². The number of carbonyl (C=O) groups is 2. The fourth-order valence-electron chi connectivity index (χ4n) is 4.96. The van der Waals surface area contributed by atoms with Gasteiger partial charge in [-0.05, 0) is 50.9 Å². The van der Waals surface area contributed by atoms with E-state index in [2.05, 4.69) is 14.9 Å². The highest BCUT2D eigenvalue weighted by atomic mass is 16.6. The second-order valence-corrected chi connectivity index (χ2v) is 8.56. The Morgan fingerprint density at radius 2 is 1.83 bits per heavy atom. The van der Waals surface area contributed by atoms with E-state index in [-0.39, 0.29) is 18.0 Å². The summed E-state index contributed by atoms with van der Waals surface area (Å²) in [5.74, 6) is -0.183. The maximum absolute atomic E-state index is 12.9. The van der Waals surface area contributed by atoms with E-state index in [4.69, 9.17) is 4.74 Å². The van der Waals surface area contributed by atoms with Crippen molar-refractivity contribution in [3.8, 4) is 0 Å². The van der Waals surface area contributed by atoms with Crippen LogP contribution in [0.2, 0.25) is 0 Å². The van der Waals surface area contributed by atoms with Crippen LogP contribution in [0.25, 0.3) is 11.0 Å². The van der Waals surface area contributed by atoms with E-state index in [1.165, 1.54) is 12.8 Å². The van der Waals surface area contributed by atoms with Crippen LogP contribution in [0.5, 0.6) is 0 Å². The summed E-state index contributed by atoms with van der Waals surface area (Å²) < 4.78 is 5.74. The van der Waals surface area contributed by atoms with Gasteiger partial charge in [-0.3, -0.25) is 19.5 Å². The van der Waals surface area contributed by atoms with E-state index in [0.29, 0.717) is 31.6 Å². The van der Waals surface area contributed by atoms with E-state index < -0.39 is 5.41 Å². The standard InChI is InChI=1S/C22H26N4O3/c27-20(19-14-23-17-5-1-2-6-18(17)24-19)26-11-7-22(8-12-26)13-16(29-21(22)28)15-25-9-3-4-10-25/h1-2,5-6,14,16H,3-4,7-13,15H2. The van der Waals surface area contributed by atoms with Gasteiger partial charge in [0, 0.05) is 26.1 Å². The third-order valence-electron chi connectivity index (χ3n) is 6.66. The highest BCUT2D eigenvalue weighted by Gasteiger charge is 2.51. The Balaban J connectivity index is 1.23. The van der Waals surface area contributed by atoms with Gasteiger partial charge < -0.3 is 9.64 Å². The average Bonchev–Trinajstić information content (AvgIpc) is 3.36. The number of hydrogen-bond donors (Lipinski definition) is 0. The second kappa shape index (κ2) is 7.37. The predicted molar refractivity (Wildman–Crippen MR) is 107 cm³/mol. The van der Waals surface area contributed by atoms with Gasteiger partial charge in [0.15, 0.2) is 0 Å². The van der Waals surface area contributed by atoms with Gasteiger partial charge in [0.1, 0.15) is 11.8 Å². The molecule has 0 bridgehead atoms. The number of nitrogens with zero attached hydrogens (tertiary/aromatic N) is 4. The van der Waals surface area contributed by atoms with Crippen molar-refractivity contribution in [2.24, 2.45) is 5.41 Å². The van der Waals surface area contributed by atoms with Gasteiger partial charge >= 0.3 is 5.97 Å². The molecule has 1 atom stereocenters. The number of cyclic esters (lactones) is 1. The molecule has 2 aromatic rings. The van der Waals surface area contributed by atoms with Crippen LogP contribution in [0, 0.1) is 5.41 Å². The van der Waals surface area contributed by atoms with Crippen LogP contribution in [0.15, 0.2) is 30.5 Å². The number of amides is 1. The van der Waals surface area contributed by atoms with Crippen LogP contribution < -0.4 is 0 Å². The maximum Gasteiger partial charge on any atom is 0.312 e. The lowest BCUT2D eigenvalue weighted by molar-refractivity contribution is -0.150.